The molecule has 0 aromatic carbocycles. The quantitative estimate of drug-likeness (QED) is 0.289. The minimum atomic E-state index is -0.511. The van der Waals surface area contributed by atoms with E-state index in [0.29, 0.717) is 25.9 Å². The number of hydrogen-bond donors (Lipinski definition) is 5. The third kappa shape index (κ3) is 9.85. The van der Waals surface area contributed by atoms with E-state index < -0.39 is 6.04 Å². The molecule has 3 atom stereocenters. The number of amides is 2. The van der Waals surface area contributed by atoms with Crippen LogP contribution in [-0.2, 0) is 9.59 Å². The van der Waals surface area contributed by atoms with Crippen LogP contribution in [0.4, 0.5) is 0 Å². The van der Waals surface area contributed by atoms with Crippen LogP contribution in [0.5, 0.6) is 0 Å². The molecular formula is C17H37N5O2. The van der Waals surface area contributed by atoms with Crippen LogP contribution in [0.15, 0.2) is 0 Å². The lowest BCUT2D eigenvalue weighted by atomic mass is 10.1. The molecule has 7 N–H and O–H groups in total. The van der Waals surface area contributed by atoms with Crippen LogP contribution in [0.3, 0.4) is 0 Å². The van der Waals surface area contributed by atoms with Gasteiger partial charge in [-0.25, -0.2) is 0 Å². The molecule has 0 heterocycles. The van der Waals surface area contributed by atoms with Crippen molar-refractivity contribution in [2.45, 2.75) is 76.9 Å². The molecule has 0 fully saturated rings. The third-order valence-electron chi connectivity index (χ3n) is 4.19. The van der Waals surface area contributed by atoms with Gasteiger partial charge in [-0.2, -0.15) is 0 Å². The average Bonchev–Trinajstić information content (AvgIpc) is 2.57. The van der Waals surface area contributed by atoms with Crippen molar-refractivity contribution in [1.29, 1.82) is 0 Å². The van der Waals surface area contributed by atoms with Gasteiger partial charge in [0.25, 0.3) is 0 Å². The van der Waals surface area contributed by atoms with Gasteiger partial charge in [-0.05, 0) is 65.6 Å². The number of carbonyl (C=O) groups is 2. The Morgan fingerprint density at radius 1 is 0.875 bits per heavy atom. The number of carbonyl (C=O) groups excluding carboxylic acids is 2. The molecule has 0 aliphatic heterocycles. The summed E-state index contributed by atoms with van der Waals surface area (Å²) in [5.74, 6) is -0.252. The molecule has 3 unspecified atom stereocenters. The number of unbranched alkanes of at least 4 members (excludes halogenated alkanes) is 2. The molecule has 2 amide bonds. The first kappa shape index (κ1) is 22.8. The average molecular weight is 344 g/mol. The lowest BCUT2D eigenvalue weighted by Crippen LogP contribution is -2.53. The third-order valence-corrected chi connectivity index (χ3v) is 4.19. The van der Waals surface area contributed by atoms with E-state index >= 15 is 0 Å². The molecule has 0 aliphatic carbocycles. The maximum absolute atomic E-state index is 12.5. The zero-order valence-electron chi connectivity index (χ0n) is 15.6. The molecule has 0 rings (SSSR count). The monoisotopic (exact) mass is 343 g/mol. The Bertz CT molecular complexity index is 352. The van der Waals surface area contributed by atoms with Gasteiger partial charge in [0, 0.05) is 6.04 Å². The number of nitrogens with two attached hydrogens (primary N) is 2. The van der Waals surface area contributed by atoms with Crippen LogP contribution in [-0.4, -0.2) is 50.1 Å². The number of hydrogen-bond acceptors (Lipinski definition) is 5. The van der Waals surface area contributed by atoms with Gasteiger partial charge in [0.1, 0.15) is 6.04 Å². The summed E-state index contributed by atoms with van der Waals surface area (Å²) in [6.07, 6.45) is 5.59. The van der Waals surface area contributed by atoms with Crippen molar-refractivity contribution in [3.05, 3.63) is 0 Å². The second kappa shape index (κ2) is 14.2. The van der Waals surface area contributed by atoms with Crippen LogP contribution in [0.1, 0.15) is 58.8 Å². The first-order chi connectivity index (χ1) is 11.5. The van der Waals surface area contributed by atoms with E-state index in [9.17, 15) is 9.59 Å². The standard InChI is InChI=1S/C17H37N5O2/c1-4-13(2)21-17(24)15(10-6-8-12-19)22-16(23)14(20-3)9-5-7-11-18/h13-15,20H,4-12,18-19H2,1-3H3,(H,21,24)(H,22,23). The Kier molecular flexibility index (Phi) is 13.5. The second-order valence-corrected chi connectivity index (χ2v) is 6.29. The highest BCUT2D eigenvalue weighted by atomic mass is 16.2. The fourth-order valence-electron chi connectivity index (χ4n) is 2.38. The van der Waals surface area contributed by atoms with Gasteiger partial charge < -0.3 is 27.4 Å². The van der Waals surface area contributed by atoms with Gasteiger partial charge in [-0.15, -0.1) is 0 Å². The second-order valence-electron chi connectivity index (χ2n) is 6.29. The molecule has 7 heteroatoms. The van der Waals surface area contributed by atoms with E-state index in [-0.39, 0.29) is 23.9 Å². The van der Waals surface area contributed by atoms with Gasteiger partial charge >= 0.3 is 0 Å². The predicted molar refractivity (Wildman–Crippen MR) is 98.5 cm³/mol. The van der Waals surface area contributed by atoms with Crippen molar-refractivity contribution in [1.82, 2.24) is 16.0 Å². The maximum Gasteiger partial charge on any atom is 0.242 e. The highest BCUT2D eigenvalue weighted by Gasteiger charge is 2.24. The smallest absolute Gasteiger partial charge is 0.242 e. The Morgan fingerprint density at radius 3 is 1.83 bits per heavy atom. The van der Waals surface area contributed by atoms with E-state index in [1.807, 2.05) is 13.8 Å². The summed E-state index contributed by atoms with van der Waals surface area (Å²) in [5.41, 5.74) is 11.0. The summed E-state index contributed by atoms with van der Waals surface area (Å²) in [4.78, 5) is 24.9. The minimum absolute atomic E-state index is 0.0936. The maximum atomic E-state index is 12.5. The van der Waals surface area contributed by atoms with Crippen LogP contribution < -0.4 is 27.4 Å². The predicted octanol–water partition coefficient (Wildman–Crippen LogP) is 0.232. The zero-order chi connectivity index (χ0) is 18.4. The van der Waals surface area contributed by atoms with Crippen LogP contribution in [0.25, 0.3) is 0 Å². The molecule has 0 aliphatic rings. The van der Waals surface area contributed by atoms with E-state index in [1.54, 1.807) is 7.05 Å². The number of nitrogens with one attached hydrogen (secondary N) is 3. The van der Waals surface area contributed by atoms with Crippen molar-refractivity contribution >= 4 is 11.8 Å². The van der Waals surface area contributed by atoms with Gasteiger partial charge in [0.2, 0.25) is 11.8 Å². The molecule has 0 spiro atoms. The van der Waals surface area contributed by atoms with Crippen LogP contribution in [0, 0.1) is 0 Å². The molecule has 0 bridgehead atoms. The first-order valence-electron chi connectivity index (χ1n) is 9.18. The Morgan fingerprint density at radius 2 is 1.38 bits per heavy atom. The van der Waals surface area contributed by atoms with Gasteiger partial charge in [0.05, 0.1) is 6.04 Å². The molecule has 24 heavy (non-hydrogen) atoms. The molecule has 0 saturated carbocycles. The van der Waals surface area contributed by atoms with Gasteiger partial charge in [0.15, 0.2) is 0 Å². The summed E-state index contributed by atoms with van der Waals surface area (Å²) < 4.78 is 0. The van der Waals surface area contributed by atoms with E-state index in [1.165, 1.54) is 0 Å². The summed E-state index contributed by atoms with van der Waals surface area (Å²) in [6, 6.07) is -0.718. The van der Waals surface area contributed by atoms with E-state index in [0.717, 1.165) is 32.1 Å². The van der Waals surface area contributed by atoms with Gasteiger partial charge in [-0.1, -0.05) is 13.3 Å². The Balaban J connectivity index is 4.68. The molecule has 0 saturated heterocycles. The van der Waals surface area contributed by atoms with Crippen LogP contribution >= 0.6 is 0 Å². The molecule has 0 aromatic heterocycles. The summed E-state index contributed by atoms with van der Waals surface area (Å²) >= 11 is 0. The van der Waals surface area contributed by atoms with E-state index in [2.05, 4.69) is 16.0 Å². The van der Waals surface area contributed by atoms with Gasteiger partial charge in [-0.3, -0.25) is 9.59 Å². The van der Waals surface area contributed by atoms with Crippen molar-refractivity contribution in [3.63, 3.8) is 0 Å². The van der Waals surface area contributed by atoms with Crippen molar-refractivity contribution in [2.75, 3.05) is 20.1 Å². The highest BCUT2D eigenvalue weighted by molar-refractivity contribution is 5.89. The van der Waals surface area contributed by atoms with Crippen molar-refractivity contribution in [2.24, 2.45) is 11.5 Å². The number of likely N-dealkylation sites (N-methyl/N-ethyl adjacent to an activating group) is 1. The summed E-state index contributed by atoms with van der Waals surface area (Å²) in [7, 11) is 1.76. The normalized spacial score (nSPS) is 14.7. The first-order valence-corrected chi connectivity index (χ1v) is 9.18. The molecular weight excluding hydrogens is 306 g/mol. The fourth-order valence-corrected chi connectivity index (χ4v) is 2.38. The Hall–Kier alpha value is -1.18. The molecule has 0 radical (unpaired) electrons. The molecule has 142 valence electrons. The number of rotatable bonds is 14. The minimum Gasteiger partial charge on any atom is -0.352 e. The van der Waals surface area contributed by atoms with E-state index in [4.69, 9.17) is 11.5 Å². The van der Waals surface area contributed by atoms with Crippen molar-refractivity contribution in [3.8, 4) is 0 Å². The molecule has 0 aromatic rings. The summed E-state index contributed by atoms with van der Waals surface area (Å²) in [6.45, 7) is 5.18. The lowest BCUT2D eigenvalue weighted by molar-refractivity contribution is -0.130. The Labute approximate surface area is 146 Å². The van der Waals surface area contributed by atoms with Crippen LogP contribution in [0.2, 0.25) is 0 Å². The molecule has 7 nitrogen and oxygen atoms in total. The zero-order valence-corrected chi connectivity index (χ0v) is 15.6. The lowest BCUT2D eigenvalue weighted by Gasteiger charge is -2.23. The summed E-state index contributed by atoms with van der Waals surface area (Å²) in [5, 5.41) is 8.87. The van der Waals surface area contributed by atoms with Crippen molar-refractivity contribution < 1.29 is 9.59 Å². The topological polar surface area (TPSA) is 122 Å². The fraction of sp³-hybridized carbons (Fsp3) is 0.882. The largest absolute Gasteiger partial charge is 0.352 e. The SMILES string of the molecule is CCC(C)NC(=O)C(CCCCN)NC(=O)C(CCCCN)NC. The highest BCUT2D eigenvalue weighted by Crippen LogP contribution is 2.05.